The van der Waals surface area contributed by atoms with E-state index in [1.165, 1.54) is 16.7 Å². The number of Topliss-reactive ketones (excluding diaryl/α,β-unsaturated/α-hetero) is 1. The van der Waals surface area contributed by atoms with Gasteiger partial charge in [-0.05, 0) is 35.6 Å². The highest BCUT2D eigenvalue weighted by atomic mass is 16.1. The zero-order chi connectivity index (χ0) is 13.0. The summed E-state index contributed by atoms with van der Waals surface area (Å²) >= 11 is 0. The Hall–Kier alpha value is -1.89. The molecule has 2 aromatic rings. The molecule has 0 saturated carbocycles. The van der Waals surface area contributed by atoms with Crippen molar-refractivity contribution in [1.82, 2.24) is 0 Å². The number of hydrogen-bond acceptors (Lipinski definition) is 1. The molecule has 0 saturated heterocycles. The molecule has 1 heteroatoms. The fraction of sp³-hybridized carbons (Fsp3) is 0.235. The van der Waals surface area contributed by atoms with Crippen molar-refractivity contribution in [1.29, 1.82) is 0 Å². The number of carbonyl (C=O) groups is 1. The van der Waals surface area contributed by atoms with E-state index in [1.54, 1.807) is 6.92 Å². The Balaban J connectivity index is 2.46. The van der Waals surface area contributed by atoms with E-state index in [2.05, 4.69) is 37.3 Å². The minimum atomic E-state index is 0.207. The van der Waals surface area contributed by atoms with Gasteiger partial charge < -0.3 is 0 Å². The summed E-state index contributed by atoms with van der Waals surface area (Å²) in [5.41, 5.74) is 4.89. The fourth-order valence-electron chi connectivity index (χ4n) is 2.22. The third kappa shape index (κ3) is 2.86. The van der Waals surface area contributed by atoms with Gasteiger partial charge in [-0.3, -0.25) is 4.79 Å². The van der Waals surface area contributed by atoms with Crippen molar-refractivity contribution in [3.05, 3.63) is 59.7 Å². The number of rotatable bonds is 4. The van der Waals surface area contributed by atoms with Crippen LogP contribution in [0.25, 0.3) is 11.1 Å². The average Bonchev–Trinajstić information content (AvgIpc) is 2.39. The largest absolute Gasteiger partial charge is 0.300 e. The number of benzene rings is 2. The van der Waals surface area contributed by atoms with E-state index in [4.69, 9.17) is 0 Å². The fourth-order valence-corrected chi connectivity index (χ4v) is 2.22. The molecule has 0 heterocycles. The van der Waals surface area contributed by atoms with Crippen LogP contribution in [0.3, 0.4) is 0 Å². The van der Waals surface area contributed by atoms with Gasteiger partial charge in [0.05, 0.1) is 0 Å². The predicted molar refractivity (Wildman–Crippen MR) is 75.6 cm³/mol. The first kappa shape index (κ1) is 12.6. The number of hydrogen-bond donors (Lipinski definition) is 0. The Morgan fingerprint density at radius 3 is 2.39 bits per heavy atom. The monoisotopic (exact) mass is 238 g/mol. The Kier molecular flexibility index (Phi) is 3.93. The molecule has 0 aromatic heterocycles. The van der Waals surface area contributed by atoms with Crippen molar-refractivity contribution in [2.75, 3.05) is 0 Å². The van der Waals surface area contributed by atoms with Crippen LogP contribution in [0.5, 0.6) is 0 Å². The molecule has 0 aliphatic carbocycles. The molecule has 0 amide bonds. The van der Waals surface area contributed by atoms with Crippen LogP contribution < -0.4 is 0 Å². The molecule has 0 fully saturated rings. The molecular formula is C17H18O. The summed E-state index contributed by atoms with van der Waals surface area (Å²) < 4.78 is 0. The van der Waals surface area contributed by atoms with Gasteiger partial charge in [0.15, 0.2) is 0 Å². The lowest BCUT2D eigenvalue weighted by Gasteiger charge is -2.10. The molecule has 2 rings (SSSR count). The lowest BCUT2D eigenvalue weighted by molar-refractivity contribution is -0.116. The van der Waals surface area contributed by atoms with Crippen LogP contribution in [0.2, 0.25) is 0 Å². The summed E-state index contributed by atoms with van der Waals surface area (Å²) in [6, 6.07) is 16.7. The molecule has 0 atom stereocenters. The zero-order valence-corrected chi connectivity index (χ0v) is 10.9. The van der Waals surface area contributed by atoms with Gasteiger partial charge in [-0.25, -0.2) is 0 Å². The quantitative estimate of drug-likeness (QED) is 0.785. The van der Waals surface area contributed by atoms with Crippen LogP contribution >= 0.6 is 0 Å². The normalized spacial score (nSPS) is 10.3. The molecule has 0 N–H and O–H groups in total. The van der Waals surface area contributed by atoms with Gasteiger partial charge in [0.25, 0.3) is 0 Å². The molecule has 0 aliphatic heterocycles. The Labute approximate surface area is 108 Å². The van der Waals surface area contributed by atoms with E-state index in [0.717, 1.165) is 12.0 Å². The molecule has 0 bridgehead atoms. The van der Waals surface area contributed by atoms with Crippen LogP contribution in [-0.2, 0) is 17.6 Å². The number of aryl methyl sites for hydroxylation is 1. The third-order valence-corrected chi connectivity index (χ3v) is 3.09. The highest BCUT2D eigenvalue weighted by Crippen LogP contribution is 2.25. The van der Waals surface area contributed by atoms with Gasteiger partial charge in [0.1, 0.15) is 5.78 Å². The molecule has 0 radical (unpaired) electrons. The maximum atomic E-state index is 11.2. The zero-order valence-electron chi connectivity index (χ0n) is 10.9. The minimum Gasteiger partial charge on any atom is -0.300 e. The van der Waals surface area contributed by atoms with Gasteiger partial charge in [0.2, 0.25) is 0 Å². The second kappa shape index (κ2) is 5.63. The van der Waals surface area contributed by atoms with Gasteiger partial charge in [-0.15, -0.1) is 0 Å². The van der Waals surface area contributed by atoms with Crippen molar-refractivity contribution < 1.29 is 4.79 Å². The summed E-state index contributed by atoms with van der Waals surface area (Å²) in [7, 11) is 0. The Bertz CT molecular complexity index is 541. The third-order valence-electron chi connectivity index (χ3n) is 3.09. The van der Waals surface area contributed by atoms with Crippen LogP contribution in [0.1, 0.15) is 25.0 Å². The van der Waals surface area contributed by atoms with Gasteiger partial charge in [-0.2, -0.15) is 0 Å². The standard InChI is InChI=1S/C17H18O/c1-3-15-10-9-14(11-13(2)18)12-17(15)16-7-5-4-6-8-16/h4-10,12H,3,11H2,1-2H3. The minimum absolute atomic E-state index is 0.207. The first-order chi connectivity index (χ1) is 8.70. The Morgan fingerprint density at radius 1 is 1.06 bits per heavy atom. The van der Waals surface area contributed by atoms with Gasteiger partial charge in [-0.1, -0.05) is 55.5 Å². The van der Waals surface area contributed by atoms with E-state index < -0.39 is 0 Å². The summed E-state index contributed by atoms with van der Waals surface area (Å²) in [6.07, 6.45) is 1.52. The van der Waals surface area contributed by atoms with Crippen molar-refractivity contribution in [2.24, 2.45) is 0 Å². The molecule has 18 heavy (non-hydrogen) atoms. The average molecular weight is 238 g/mol. The maximum absolute atomic E-state index is 11.2. The molecule has 0 unspecified atom stereocenters. The van der Waals surface area contributed by atoms with Gasteiger partial charge in [0, 0.05) is 6.42 Å². The smallest absolute Gasteiger partial charge is 0.134 e. The van der Waals surface area contributed by atoms with E-state index >= 15 is 0 Å². The number of ketones is 1. The van der Waals surface area contributed by atoms with Crippen LogP contribution in [0.4, 0.5) is 0 Å². The summed E-state index contributed by atoms with van der Waals surface area (Å²) in [5.74, 6) is 0.207. The predicted octanol–water partition coefficient (Wildman–Crippen LogP) is 4.05. The van der Waals surface area contributed by atoms with Crippen LogP contribution in [0.15, 0.2) is 48.5 Å². The first-order valence-corrected chi connectivity index (χ1v) is 6.37. The van der Waals surface area contributed by atoms with Crippen molar-refractivity contribution in [3.8, 4) is 11.1 Å². The van der Waals surface area contributed by atoms with E-state index in [-0.39, 0.29) is 5.78 Å². The topological polar surface area (TPSA) is 17.1 Å². The Morgan fingerprint density at radius 2 is 1.78 bits per heavy atom. The van der Waals surface area contributed by atoms with E-state index in [9.17, 15) is 4.79 Å². The SMILES string of the molecule is CCc1ccc(CC(C)=O)cc1-c1ccccc1. The van der Waals surface area contributed by atoms with Gasteiger partial charge >= 0.3 is 0 Å². The summed E-state index contributed by atoms with van der Waals surface area (Å²) in [5, 5.41) is 0. The lowest BCUT2D eigenvalue weighted by Crippen LogP contribution is -1.98. The molecule has 1 nitrogen and oxygen atoms in total. The highest BCUT2D eigenvalue weighted by molar-refractivity contribution is 5.79. The van der Waals surface area contributed by atoms with E-state index in [0.29, 0.717) is 6.42 Å². The lowest BCUT2D eigenvalue weighted by atomic mass is 9.94. The second-order valence-electron chi connectivity index (χ2n) is 4.59. The maximum Gasteiger partial charge on any atom is 0.134 e. The first-order valence-electron chi connectivity index (χ1n) is 6.37. The molecule has 0 spiro atoms. The summed E-state index contributed by atoms with van der Waals surface area (Å²) in [6.45, 7) is 3.79. The molecular weight excluding hydrogens is 220 g/mol. The van der Waals surface area contributed by atoms with Crippen LogP contribution in [0, 0.1) is 0 Å². The second-order valence-corrected chi connectivity index (χ2v) is 4.59. The van der Waals surface area contributed by atoms with Crippen molar-refractivity contribution in [2.45, 2.75) is 26.7 Å². The molecule has 92 valence electrons. The van der Waals surface area contributed by atoms with Crippen LogP contribution in [-0.4, -0.2) is 5.78 Å². The van der Waals surface area contributed by atoms with Crippen molar-refractivity contribution >= 4 is 5.78 Å². The highest BCUT2D eigenvalue weighted by Gasteiger charge is 2.06. The molecule has 0 aliphatic rings. The number of carbonyl (C=O) groups excluding carboxylic acids is 1. The summed E-state index contributed by atoms with van der Waals surface area (Å²) in [4.78, 5) is 11.2. The van der Waals surface area contributed by atoms with Crippen molar-refractivity contribution in [3.63, 3.8) is 0 Å². The molecule has 2 aromatic carbocycles. The van der Waals surface area contributed by atoms with E-state index in [1.807, 2.05) is 18.2 Å².